The summed E-state index contributed by atoms with van der Waals surface area (Å²) in [6, 6.07) is 67.0. The minimum Gasteiger partial charge on any atom is -0.208 e. The van der Waals surface area contributed by atoms with Crippen LogP contribution in [0, 0.1) is 13.8 Å². The Balaban J connectivity index is 1.02. The summed E-state index contributed by atoms with van der Waals surface area (Å²) in [5.41, 5.74) is 12.4. The zero-order valence-electron chi connectivity index (χ0n) is 31.2. The highest BCUT2D eigenvalue weighted by molar-refractivity contribution is 6.26. The lowest BCUT2D eigenvalue weighted by Gasteiger charge is -2.14. The molecule has 0 saturated heterocycles. The van der Waals surface area contributed by atoms with Crippen molar-refractivity contribution in [3.05, 3.63) is 199 Å². The van der Waals surface area contributed by atoms with Crippen molar-refractivity contribution in [2.45, 2.75) is 13.8 Å². The van der Waals surface area contributed by atoms with Crippen LogP contribution in [0.2, 0.25) is 0 Å². The number of benzene rings is 9. The van der Waals surface area contributed by atoms with E-state index in [2.05, 4.69) is 141 Å². The van der Waals surface area contributed by atoms with Crippen LogP contribution in [-0.2, 0) is 0 Å². The molecule has 0 saturated carbocycles. The fourth-order valence-electron chi connectivity index (χ4n) is 7.95. The van der Waals surface area contributed by atoms with Crippen LogP contribution in [0.3, 0.4) is 0 Å². The highest BCUT2D eigenvalue weighted by Crippen LogP contribution is 2.39. The first-order valence-electron chi connectivity index (χ1n) is 19.1. The molecule has 0 spiro atoms. The van der Waals surface area contributed by atoms with Crippen LogP contribution in [0.4, 0.5) is 0 Å². The van der Waals surface area contributed by atoms with Gasteiger partial charge in [-0.15, -0.1) is 0 Å². The first kappa shape index (κ1) is 33.3. The van der Waals surface area contributed by atoms with Crippen molar-refractivity contribution < 1.29 is 0 Å². The third kappa shape index (κ3) is 6.19. The quantitative estimate of drug-likeness (QED) is 0.161. The molecular formula is C53H37N3. The third-order valence-electron chi connectivity index (χ3n) is 10.8. The number of hydrogen-bond donors (Lipinski definition) is 0. The minimum atomic E-state index is 0.643. The molecule has 0 amide bonds. The van der Waals surface area contributed by atoms with E-state index < -0.39 is 0 Å². The van der Waals surface area contributed by atoms with Gasteiger partial charge in [0.15, 0.2) is 17.5 Å². The van der Waals surface area contributed by atoms with E-state index in [1.54, 1.807) is 0 Å². The van der Waals surface area contributed by atoms with Gasteiger partial charge in [0.25, 0.3) is 0 Å². The maximum Gasteiger partial charge on any atom is 0.164 e. The molecule has 10 rings (SSSR count). The first-order chi connectivity index (χ1) is 27.5. The van der Waals surface area contributed by atoms with Crippen LogP contribution in [0.15, 0.2) is 188 Å². The van der Waals surface area contributed by atoms with Gasteiger partial charge in [0.05, 0.1) is 0 Å². The van der Waals surface area contributed by atoms with Crippen molar-refractivity contribution in [3.8, 4) is 67.5 Å². The monoisotopic (exact) mass is 715 g/mol. The maximum atomic E-state index is 4.97. The second-order valence-electron chi connectivity index (χ2n) is 14.6. The number of nitrogens with zero attached hydrogens (tertiary/aromatic N) is 3. The van der Waals surface area contributed by atoms with Crippen molar-refractivity contribution >= 4 is 32.3 Å². The van der Waals surface area contributed by atoms with Crippen LogP contribution < -0.4 is 0 Å². The Kier molecular flexibility index (Phi) is 8.26. The van der Waals surface area contributed by atoms with Crippen molar-refractivity contribution in [1.82, 2.24) is 15.0 Å². The number of aryl methyl sites for hydroxylation is 2. The molecule has 0 bridgehead atoms. The van der Waals surface area contributed by atoms with Gasteiger partial charge in [-0.05, 0) is 104 Å². The summed E-state index contributed by atoms with van der Waals surface area (Å²) < 4.78 is 0. The molecule has 0 aliphatic rings. The molecule has 0 unspecified atom stereocenters. The summed E-state index contributed by atoms with van der Waals surface area (Å²) >= 11 is 0. The lowest BCUT2D eigenvalue weighted by Crippen LogP contribution is -2.00. The zero-order valence-corrected chi connectivity index (χ0v) is 31.2. The van der Waals surface area contributed by atoms with Crippen LogP contribution in [0.25, 0.3) is 99.9 Å². The molecule has 0 aliphatic heterocycles. The van der Waals surface area contributed by atoms with Crippen molar-refractivity contribution in [2.75, 3.05) is 0 Å². The standard InChI is InChI=1S/C53H37N3/c1-34-22-25-45-46-27-24-43(33-50(46)49-29-35(2)23-26-47(49)48(45)28-34)41-19-10-17-39(31-41)38-16-9-18-40(30-38)42-20-11-21-44(32-42)53-55-51(36-12-5-3-6-13-36)54-52(56-53)37-14-7-4-8-15-37/h3-33H,1-2H3. The Hall–Kier alpha value is -7.23. The van der Waals surface area contributed by atoms with Crippen LogP contribution in [0.5, 0.6) is 0 Å². The predicted molar refractivity (Wildman–Crippen MR) is 234 cm³/mol. The Labute approximate surface area is 326 Å². The Morgan fingerprint density at radius 1 is 0.232 bits per heavy atom. The van der Waals surface area contributed by atoms with E-state index in [1.807, 2.05) is 60.7 Å². The van der Waals surface area contributed by atoms with Gasteiger partial charge in [-0.3, -0.25) is 0 Å². The van der Waals surface area contributed by atoms with Gasteiger partial charge in [0, 0.05) is 16.7 Å². The summed E-state index contributed by atoms with van der Waals surface area (Å²) in [6.45, 7) is 4.35. The van der Waals surface area contributed by atoms with E-state index in [-0.39, 0.29) is 0 Å². The SMILES string of the molecule is Cc1ccc2c3ccc(-c4cccc(-c5cccc(-c6cccc(-c7nc(-c8ccccc8)nc(-c8ccccc8)n7)c6)c5)c4)cc3c3cc(C)ccc3c2c1. The molecule has 0 atom stereocenters. The summed E-state index contributed by atoms with van der Waals surface area (Å²) in [5.74, 6) is 1.95. The topological polar surface area (TPSA) is 38.7 Å². The summed E-state index contributed by atoms with van der Waals surface area (Å²) in [6.07, 6.45) is 0. The molecule has 56 heavy (non-hydrogen) atoms. The van der Waals surface area contributed by atoms with Gasteiger partial charge < -0.3 is 0 Å². The Bertz CT molecular complexity index is 3040. The second-order valence-corrected chi connectivity index (χ2v) is 14.6. The third-order valence-corrected chi connectivity index (χ3v) is 10.8. The van der Waals surface area contributed by atoms with E-state index in [1.165, 1.54) is 60.1 Å². The van der Waals surface area contributed by atoms with Gasteiger partial charge in [-0.25, -0.2) is 15.0 Å². The van der Waals surface area contributed by atoms with Crippen LogP contribution >= 0.6 is 0 Å². The van der Waals surface area contributed by atoms with Gasteiger partial charge in [-0.1, -0.05) is 175 Å². The zero-order chi connectivity index (χ0) is 37.6. The fraction of sp³-hybridized carbons (Fsp3) is 0.0377. The number of aromatic nitrogens is 3. The summed E-state index contributed by atoms with van der Waals surface area (Å²) in [7, 11) is 0. The van der Waals surface area contributed by atoms with Crippen molar-refractivity contribution in [2.24, 2.45) is 0 Å². The molecule has 0 aliphatic carbocycles. The van der Waals surface area contributed by atoms with E-state index in [9.17, 15) is 0 Å². The number of fused-ring (bicyclic) bond motifs is 6. The average molecular weight is 716 g/mol. The normalized spacial score (nSPS) is 11.4. The fourth-order valence-corrected chi connectivity index (χ4v) is 7.95. The van der Waals surface area contributed by atoms with Crippen LogP contribution in [0.1, 0.15) is 11.1 Å². The highest BCUT2D eigenvalue weighted by Gasteiger charge is 2.14. The van der Waals surface area contributed by atoms with Gasteiger partial charge >= 0.3 is 0 Å². The Morgan fingerprint density at radius 3 is 1.04 bits per heavy atom. The Morgan fingerprint density at radius 2 is 0.554 bits per heavy atom. The lowest BCUT2D eigenvalue weighted by molar-refractivity contribution is 1.07. The molecule has 1 aromatic heterocycles. The van der Waals surface area contributed by atoms with Gasteiger partial charge in [0.1, 0.15) is 0 Å². The molecule has 264 valence electrons. The number of rotatable bonds is 6. The summed E-state index contributed by atoms with van der Waals surface area (Å²) in [4.78, 5) is 14.8. The molecule has 1 heterocycles. The maximum absolute atomic E-state index is 4.97. The van der Waals surface area contributed by atoms with E-state index in [0.29, 0.717) is 17.5 Å². The molecule has 3 nitrogen and oxygen atoms in total. The molecule has 0 N–H and O–H groups in total. The molecule has 0 radical (unpaired) electrons. The molecule has 0 fully saturated rings. The van der Waals surface area contributed by atoms with Crippen molar-refractivity contribution in [1.29, 1.82) is 0 Å². The number of hydrogen-bond acceptors (Lipinski definition) is 3. The summed E-state index contributed by atoms with van der Waals surface area (Å²) in [5, 5.41) is 7.79. The van der Waals surface area contributed by atoms with E-state index in [4.69, 9.17) is 15.0 Å². The first-order valence-corrected chi connectivity index (χ1v) is 19.1. The average Bonchev–Trinajstić information content (AvgIpc) is 3.27. The lowest BCUT2D eigenvalue weighted by atomic mass is 9.90. The van der Waals surface area contributed by atoms with Gasteiger partial charge in [0.2, 0.25) is 0 Å². The van der Waals surface area contributed by atoms with Crippen LogP contribution in [-0.4, -0.2) is 15.0 Å². The second kappa shape index (κ2) is 13.9. The van der Waals surface area contributed by atoms with Gasteiger partial charge in [-0.2, -0.15) is 0 Å². The van der Waals surface area contributed by atoms with E-state index >= 15 is 0 Å². The minimum absolute atomic E-state index is 0.643. The predicted octanol–water partition coefficient (Wildman–Crippen LogP) is 14.0. The smallest absolute Gasteiger partial charge is 0.164 e. The largest absolute Gasteiger partial charge is 0.208 e. The highest BCUT2D eigenvalue weighted by atomic mass is 15.0. The van der Waals surface area contributed by atoms with E-state index in [0.717, 1.165) is 33.4 Å². The molecule has 9 aromatic carbocycles. The molecule has 3 heteroatoms. The molecule has 10 aromatic rings. The van der Waals surface area contributed by atoms with Crippen molar-refractivity contribution in [3.63, 3.8) is 0 Å². The molecular weight excluding hydrogens is 679 g/mol.